The van der Waals surface area contributed by atoms with Gasteiger partial charge in [-0.3, -0.25) is 0 Å². The smallest absolute Gasteiger partial charge is 0.350 e. The normalized spacial score (nSPS) is 15.9. The molecule has 0 aliphatic carbocycles. The van der Waals surface area contributed by atoms with Crippen LogP contribution in [-0.2, 0) is 19.1 Å². The van der Waals surface area contributed by atoms with Crippen LogP contribution in [0.4, 0.5) is 10.1 Å². The Balaban J connectivity index is 1.52. The molecule has 1 saturated heterocycles. The highest BCUT2D eigenvalue weighted by Crippen LogP contribution is 2.31. The zero-order chi connectivity index (χ0) is 19.9. The first kappa shape index (κ1) is 18.1. The average Bonchev–Trinajstić information content (AvgIpc) is 3.03. The summed E-state index contributed by atoms with van der Waals surface area (Å²) in [5.74, 6) is -3.05. The molecule has 0 unspecified atom stereocenters. The number of thiazole rings is 1. The summed E-state index contributed by atoms with van der Waals surface area (Å²) in [4.78, 5) is 28.4. The molecular weight excluding hydrogens is 383 g/mol. The summed E-state index contributed by atoms with van der Waals surface area (Å²) in [6, 6.07) is 11.7. The molecule has 1 N–H and O–H groups in total. The van der Waals surface area contributed by atoms with Gasteiger partial charge in [0, 0.05) is 31.3 Å². The highest BCUT2D eigenvalue weighted by Gasteiger charge is 2.38. The third kappa shape index (κ3) is 3.59. The predicted molar refractivity (Wildman–Crippen MR) is 103 cm³/mol. The molecule has 28 heavy (non-hydrogen) atoms. The number of nitrogens with one attached hydrogen (secondary N) is 1. The number of hydrogen-bond acceptors (Lipinski definition) is 7. The molecule has 142 valence electrons. The number of carbonyl (C=O) groups excluding carboxylic acids is 2. The fourth-order valence-corrected chi connectivity index (χ4v) is 3.66. The largest absolute Gasteiger partial charge is 0.419 e. The van der Waals surface area contributed by atoms with Crippen LogP contribution in [0.15, 0.2) is 54.2 Å². The van der Waals surface area contributed by atoms with Crippen molar-refractivity contribution in [3.8, 4) is 10.6 Å². The van der Waals surface area contributed by atoms with E-state index in [-0.39, 0.29) is 11.4 Å². The Morgan fingerprint density at radius 1 is 1.07 bits per heavy atom. The molecule has 6 nitrogen and oxygen atoms in total. The number of ether oxygens (including phenoxy) is 2. The topological polar surface area (TPSA) is 77.5 Å². The van der Waals surface area contributed by atoms with Crippen LogP contribution in [0.1, 0.15) is 13.8 Å². The van der Waals surface area contributed by atoms with Crippen molar-refractivity contribution in [3.63, 3.8) is 0 Å². The zero-order valence-electron chi connectivity index (χ0n) is 15.0. The summed E-state index contributed by atoms with van der Waals surface area (Å²) in [5.41, 5.74) is 2.06. The zero-order valence-corrected chi connectivity index (χ0v) is 15.8. The molecule has 1 aromatic heterocycles. The number of rotatable bonds is 3. The summed E-state index contributed by atoms with van der Waals surface area (Å²) in [5, 5.41) is 3.66. The van der Waals surface area contributed by atoms with Gasteiger partial charge < -0.3 is 14.8 Å². The van der Waals surface area contributed by atoms with Crippen LogP contribution in [-0.4, -0.2) is 22.7 Å². The first-order valence-electron chi connectivity index (χ1n) is 8.41. The second-order valence-electron chi connectivity index (χ2n) is 6.59. The molecular formula is C20H15FN2O4S. The van der Waals surface area contributed by atoms with Crippen LogP contribution in [0.5, 0.6) is 0 Å². The number of anilines is 1. The monoisotopic (exact) mass is 398 g/mol. The van der Waals surface area contributed by atoms with E-state index in [9.17, 15) is 14.0 Å². The molecule has 1 fully saturated rings. The molecule has 0 spiro atoms. The van der Waals surface area contributed by atoms with E-state index in [0.717, 1.165) is 20.8 Å². The quantitative estimate of drug-likeness (QED) is 0.404. The summed E-state index contributed by atoms with van der Waals surface area (Å²) < 4.78 is 24.2. The van der Waals surface area contributed by atoms with Gasteiger partial charge in [-0.25, -0.2) is 19.0 Å². The maximum absolute atomic E-state index is 13.3. The summed E-state index contributed by atoms with van der Waals surface area (Å²) in [6.07, 6.45) is 1.26. The number of esters is 2. The fraction of sp³-hybridized carbons (Fsp3) is 0.150. The van der Waals surface area contributed by atoms with Crippen molar-refractivity contribution in [3.05, 3.63) is 60.1 Å². The standard InChI is InChI=1S/C20H15FN2O4S/c1-20(2)26-18(24)14(19(25)27-20)10-22-13-6-3-11(4-7-13)17-23-15-8-5-12(21)9-16(15)28-17/h3-10,22H,1-2H3. The van der Waals surface area contributed by atoms with E-state index >= 15 is 0 Å². The number of cyclic esters (lactones) is 2. The van der Waals surface area contributed by atoms with Crippen LogP contribution in [0.25, 0.3) is 20.8 Å². The molecule has 0 radical (unpaired) electrons. The van der Waals surface area contributed by atoms with Crippen molar-refractivity contribution in [2.75, 3.05) is 5.32 Å². The maximum atomic E-state index is 13.3. The Bertz CT molecular complexity index is 1100. The number of benzene rings is 2. The summed E-state index contributed by atoms with van der Waals surface area (Å²) in [7, 11) is 0. The van der Waals surface area contributed by atoms with Crippen molar-refractivity contribution in [2.45, 2.75) is 19.6 Å². The van der Waals surface area contributed by atoms with Gasteiger partial charge in [0.15, 0.2) is 5.57 Å². The molecule has 2 heterocycles. The van der Waals surface area contributed by atoms with E-state index in [4.69, 9.17) is 9.47 Å². The van der Waals surface area contributed by atoms with Gasteiger partial charge in [-0.1, -0.05) is 0 Å². The molecule has 0 atom stereocenters. The number of nitrogens with zero attached hydrogens (tertiary/aromatic N) is 1. The average molecular weight is 398 g/mol. The highest BCUT2D eigenvalue weighted by molar-refractivity contribution is 7.21. The molecule has 1 aliphatic rings. The lowest BCUT2D eigenvalue weighted by molar-refractivity contribution is -0.222. The van der Waals surface area contributed by atoms with Crippen molar-refractivity contribution < 1.29 is 23.5 Å². The van der Waals surface area contributed by atoms with Crippen LogP contribution in [0, 0.1) is 5.82 Å². The van der Waals surface area contributed by atoms with E-state index in [0.29, 0.717) is 5.69 Å². The van der Waals surface area contributed by atoms with Crippen molar-refractivity contribution >= 4 is 39.2 Å². The Kier molecular flexibility index (Phi) is 4.35. The predicted octanol–water partition coefficient (Wildman–Crippen LogP) is 4.23. The lowest BCUT2D eigenvalue weighted by Crippen LogP contribution is -2.42. The minimum Gasteiger partial charge on any atom is -0.419 e. The van der Waals surface area contributed by atoms with E-state index in [2.05, 4.69) is 10.3 Å². The van der Waals surface area contributed by atoms with E-state index in [1.54, 1.807) is 18.2 Å². The van der Waals surface area contributed by atoms with Gasteiger partial charge >= 0.3 is 11.9 Å². The van der Waals surface area contributed by atoms with Crippen molar-refractivity contribution in [1.29, 1.82) is 0 Å². The minimum absolute atomic E-state index is 0.211. The van der Waals surface area contributed by atoms with Crippen LogP contribution in [0.2, 0.25) is 0 Å². The van der Waals surface area contributed by atoms with Crippen LogP contribution < -0.4 is 5.32 Å². The van der Waals surface area contributed by atoms with Crippen LogP contribution >= 0.6 is 11.3 Å². The molecule has 2 aromatic carbocycles. The Hall–Kier alpha value is -3.26. The molecule has 8 heteroatoms. The Labute approximate surface area is 163 Å². The first-order valence-corrected chi connectivity index (χ1v) is 9.22. The second kappa shape index (κ2) is 6.72. The number of fused-ring (bicyclic) bond motifs is 1. The van der Waals surface area contributed by atoms with E-state index in [1.165, 1.54) is 43.5 Å². The first-order chi connectivity index (χ1) is 13.3. The third-order valence-electron chi connectivity index (χ3n) is 3.98. The molecule has 1 aliphatic heterocycles. The third-order valence-corrected chi connectivity index (χ3v) is 5.05. The van der Waals surface area contributed by atoms with Gasteiger partial charge in [-0.05, 0) is 42.5 Å². The molecule has 0 amide bonds. The molecule has 4 rings (SSSR count). The number of carbonyl (C=O) groups is 2. The van der Waals surface area contributed by atoms with Crippen molar-refractivity contribution in [2.24, 2.45) is 0 Å². The molecule has 0 saturated carbocycles. The van der Waals surface area contributed by atoms with E-state index < -0.39 is 17.7 Å². The van der Waals surface area contributed by atoms with Gasteiger partial charge in [0.05, 0.1) is 10.2 Å². The summed E-state index contributed by atoms with van der Waals surface area (Å²) >= 11 is 1.40. The van der Waals surface area contributed by atoms with Gasteiger partial charge in [0.2, 0.25) is 0 Å². The van der Waals surface area contributed by atoms with Crippen molar-refractivity contribution in [1.82, 2.24) is 4.98 Å². The summed E-state index contributed by atoms with van der Waals surface area (Å²) in [6.45, 7) is 2.98. The van der Waals surface area contributed by atoms with Gasteiger partial charge in [-0.2, -0.15) is 0 Å². The lowest BCUT2D eigenvalue weighted by atomic mass is 10.2. The highest BCUT2D eigenvalue weighted by atomic mass is 32.1. The van der Waals surface area contributed by atoms with E-state index in [1.807, 2.05) is 12.1 Å². The fourth-order valence-electron chi connectivity index (χ4n) is 2.66. The number of aromatic nitrogens is 1. The Morgan fingerprint density at radius 3 is 2.43 bits per heavy atom. The number of halogens is 1. The van der Waals surface area contributed by atoms with Gasteiger partial charge in [0.25, 0.3) is 5.79 Å². The SMILES string of the molecule is CC1(C)OC(=O)C(=CNc2ccc(-c3nc4ccc(F)cc4s3)cc2)C(=O)O1. The molecule has 3 aromatic rings. The van der Waals surface area contributed by atoms with Crippen LogP contribution in [0.3, 0.4) is 0 Å². The number of hydrogen-bond donors (Lipinski definition) is 1. The lowest BCUT2D eigenvalue weighted by Gasteiger charge is -2.29. The minimum atomic E-state index is -1.27. The second-order valence-corrected chi connectivity index (χ2v) is 7.62. The Morgan fingerprint density at radius 2 is 1.75 bits per heavy atom. The van der Waals surface area contributed by atoms with Gasteiger partial charge in [0.1, 0.15) is 10.8 Å². The molecule has 0 bridgehead atoms. The van der Waals surface area contributed by atoms with Gasteiger partial charge in [-0.15, -0.1) is 11.3 Å². The maximum Gasteiger partial charge on any atom is 0.350 e.